The number of benzene rings is 2. The van der Waals surface area contributed by atoms with Crippen LogP contribution in [0.1, 0.15) is 30.0 Å². The minimum atomic E-state index is -0.345. The average Bonchev–Trinajstić information content (AvgIpc) is 2.49. The lowest BCUT2D eigenvalue weighted by molar-refractivity contribution is -0.384. The molecule has 0 aromatic heterocycles. The van der Waals surface area contributed by atoms with Crippen molar-refractivity contribution in [2.24, 2.45) is 0 Å². The molecule has 4 nitrogen and oxygen atoms in total. The molecule has 1 unspecified atom stereocenters. The highest BCUT2D eigenvalue weighted by atomic mass is 79.9. The van der Waals surface area contributed by atoms with E-state index in [-0.39, 0.29) is 16.7 Å². The number of nitrogens with zero attached hydrogens (tertiary/aromatic N) is 1. The van der Waals surface area contributed by atoms with Gasteiger partial charge in [-0.1, -0.05) is 40.2 Å². The fourth-order valence-electron chi connectivity index (χ4n) is 2.87. The van der Waals surface area contributed by atoms with E-state index in [0.717, 1.165) is 19.3 Å². The van der Waals surface area contributed by atoms with Gasteiger partial charge in [-0.25, -0.2) is 0 Å². The van der Waals surface area contributed by atoms with Gasteiger partial charge in [0.1, 0.15) is 5.69 Å². The third-order valence-corrected chi connectivity index (χ3v) is 4.35. The summed E-state index contributed by atoms with van der Waals surface area (Å²) in [5.74, 6) is 0. The molecule has 108 valence electrons. The third-order valence-electron chi connectivity index (χ3n) is 3.86. The second kappa shape index (κ2) is 5.85. The molecule has 5 heteroatoms. The fourth-order valence-corrected chi connectivity index (χ4v) is 3.22. The molecule has 0 heterocycles. The van der Waals surface area contributed by atoms with E-state index in [2.05, 4.69) is 33.4 Å². The summed E-state index contributed by atoms with van der Waals surface area (Å²) in [6.45, 7) is 0. The van der Waals surface area contributed by atoms with Crippen molar-refractivity contribution < 1.29 is 4.92 Å². The predicted octanol–water partition coefficient (Wildman–Crippen LogP) is 4.85. The molecule has 2 aromatic rings. The molecule has 0 amide bonds. The molecule has 1 aliphatic carbocycles. The maximum absolute atomic E-state index is 11.2. The second-order valence-corrected chi connectivity index (χ2v) is 6.12. The zero-order valence-corrected chi connectivity index (χ0v) is 13.0. The molecule has 2 aromatic carbocycles. The molecule has 1 atom stereocenters. The number of hydrogen-bond donors (Lipinski definition) is 1. The largest absolute Gasteiger partial charge is 0.373 e. The van der Waals surface area contributed by atoms with Crippen LogP contribution in [-0.4, -0.2) is 4.92 Å². The highest BCUT2D eigenvalue weighted by Gasteiger charge is 2.22. The summed E-state index contributed by atoms with van der Waals surface area (Å²) >= 11 is 3.28. The second-order valence-electron chi connectivity index (χ2n) is 5.21. The van der Waals surface area contributed by atoms with Gasteiger partial charge >= 0.3 is 0 Å². The highest BCUT2D eigenvalue weighted by Crippen LogP contribution is 2.36. The van der Waals surface area contributed by atoms with Crippen molar-refractivity contribution >= 4 is 27.3 Å². The number of aryl methyl sites for hydroxylation is 1. The minimum absolute atomic E-state index is 0.104. The number of nitrogens with one attached hydrogen (secondary N) is 1. The van der Waals surface area contributed by atoms with Crippen molar-refractivity contribution in [1.29, 1.82) is 0 Å². The maximum atomic E-state index is 11.2. The van der Waals surface area contributed by atoms with E-state index in [4.69, 9.17) is 0 Å². The van der Waals surface area contributed by atoms with Crippen molar-refractivity contribution in [3.63, 3.8) is 0 Å². The van der Waals surface area contributed by atoms with Crippen molar-refractivity contribution in [2.45, 2.75) is 25.3 Å². The normalized spacial score (nSPS) is 17.1. The summed E-state index contributed by atoms with van der Waals surface area (Å²) in [5, 5.41) is 14.6. The summed E-state index contributed by atoms with van der Waals surface area (Å²) in [5.41, 5.74) is 3.26. The SMILES string of the molecule is O=[N+]([O-])c1cc(Br)ccc1NC1CCCc2ccccc21. The Morgan fingerprint density at radius 3 is 2.86 bits per heavy atom. The lowest BCUT2D eigenvalue weighted by atomic mass is 9.87. The topological polar surface area (TPSA) is 55.2 Å². The van der Waals surface area contributed by atoms with E-state index in [1.807, 2.05) is 18.2 Å². The van der Waals surface area contributed by atoms with Crippen LogP contribution in [0.5, 0.6) is 0 Å². The Kier molecular flexibility index (Phi) is 3.92. The number of anilines is 1. The average molecular weight is 347 g/mol. The van der Waals surface area contributed by atoms with Crippen LogP contribution in [0.4, 0.5) is 11.4 Å². The van der Waals surface area contributed by atoms with Crippen LogP contribution in [0.15, 0.2) is 46.9 Å². The zero-order valence-electron chi connectivity index (χ0n) is 11.4. The summed E-state index contributed by atoms with van der Waals surface area (Å²) in [6, 6.07) is 13.6. The van der Waals surface area contributed by atoms with Gasteiger partial charge in [-0.05, 0) is 42.5 Å². The van der Waals surface area contributed by atoms with Gasteiger partial charge < -0.3 is 5.32 Å². The van der Waals surface area contributed by atoms with Crippen LogP contribution in [-0.2, 0) is 6.42 Å². The lowest BCUT2D eigenvalue weighted by Gasteiger charge is -2.27. The van der Waals surface area contributed by atoms with Gasteiger partial charge in [0.25, 0.3) is 5.69 Å². The van der Waals surface area contributed by atoms with E-state index in [1.165, 1.54) is 17.2 Å². The first kappa shape index (κ1) is 14.1. The van der Waals surface area contributed by atoms with Gasteiger partial charge in [-0.15, -0.1) is 0 Å². The number of halogens is 1. The lowest BCUT2D eigenvalue weighted by Crippen LogP contribution is -2.17. The van der Waals surface area contributed by atoms with Gasteiger partial charge in [0.05, 0.1) is 11.0 Å². The van der Waals surface area contributed by atoms with Gasteiger partial charge in [0.15, 0.2) is 0 Å². The number of rotatable bonds is 3. The third kappa shape index (κ3) is 2.93. The molecule has 1 N–H and O–H groups in total. The summed E-state index contributed by atoms with van der Waals surface area (Å²) in [7, 11) is 0. The molecule has 0 spiro atoms. The highest BCUT2D eigenvalue weighted by molar-refractivity contribution is 9.10. The van der Waals surface area contributed by atoms with Crippen LogP contribution in [0, 0.1) is 10.1 Å². The summed E-state index contributed by atoms with van der Waals surface area (Å²) in [6.07, 6.45) is 3.17. The first-order valence-corrected chi connectivity index (χ1v) is 7.73. The van der Waals surface area contributed by atoms with E-state index >= 15 is 0 Å². The predicted molar refractivity (Wildman–Crippen MR) is 86.5 cm³/mol. The Morgan fingerprint density at radius 1 is 1.24 bits per heavy atom. The van der Waals surface area contributed by atoms with Crippen LogP contribution in [0.25, 0.3) is 0 Å². The van der Waals surface area contributed by atoms with E-state index < -0.39 is 0 Å². The molecular formula is C16H15BrN2O2. The molecule has 1 aliphatic rings. The van der Waals surface area contributed by atoms with Gasteiger partial charge in [0, 0.05) is 10.5 Å². The number of nitro groups is 1. The minimum Gasteiger partial charge on any atom is -0.373 e. The van der Waals surface area contributed by atoms with Crippen LogP contribution < -0.4 is 5.32 Å². The Bertz CT molecular complexity index is 688. The van der Waals surface area contributed by atoms with Crippen molar-refractivity contribution in [3.8, 4) is 0 Å². The first-order chi connectivity index (χ1) is 10.1. The van der Waals surface area contributed by atoms with Crippen LogP contribution in [0.2, 0.25) is 0 Å². The molecule has 3 rings (SSSR count). The monoisotopic (exact) mass is 346 g/mol. The molecule has 0 aliphatic heterocycles. The molecular weight excluding hydrogens is 332 g/mol. The van der Waals surface area contributed by atoms with Crippen molar-refractivity contribution in [2.75, 3.05) is 5.32 Å². The van der Waals surface area contributed by atoms with E-state index in [0.29, 0.717) is 10.2 Å². The van der Waals surface area contributed by atoms with Gasteiger partial charge in [-0.3, -0.25) is 10.1 Å². The Hall–Kier alpha value is -1.88. The number of hydrogen-bond acceptors (Lipinski definition) is 3. The maximum Gasteiger partial charge on any atom is 0.293 e. The Morgan fingerprint density at radius 2 is 2.05 bits per heavy atom. The Labute approximate surface area is 131 Å². The van der Waals surface area contributed by atoms with Crippen LogP contribution >= 0.6 is 15.9 Å². The van der Waals surface area contributed by atoms with E-state index in [1.54, 1.807) is 6.07 Å². The molecule has 21 heavy (non-hydrogen) atoms. The molecule has 0 saturated carbocycles. The molecule has 0 bridgehead atoms. The summed E-state index contributed by atoms with van der Waals surface area (Å²) < 4.78 is 0.712. The smallest absolute Gasteiger partial charge is 0.293 e. The van der Waals surface area contributed by atoms with Crippen molar-refractivity contribution in [1.82, 2.24) is 0 Å². The van der Waals surface area contributed by atoms with E-state index in [9.17, 15) is 10.1 Å². The number of nitro benzene ring substituents is 1. The van der Waals surface area contributed by atoms with Gasteiger partial charge in [-0.2, -0.15) is 0 Å². The first-order valence-electron chi connectivity index (χ1n) is 6.93. The molecule has 0 fully saturated rings. The quantitative estimate of drug-likeness (QED) is 0.638. The summed E-state index contributed by atoms with van der Waals surface area (Å²) in [4.78, 5) is 10.9. The van der Waals surface area contributed by atoms with Gasteiger partial charge in [0.2, 0.25) is 0 Å². The Balaban J connectivity index is 1.93. The molecule has 0 radical (unpaired) electrons. The fraction of sp³-hybridized carbons (Fsp3) is 0.250. The van der Waals surface area contributed by atoms with Crippen molar-refractivity contribution in [3.05, 3.63) is 68.2 Å². The molecule has 0 saturated heterocycles. The number of fused-ring (bicyclic) bond motifs is 1. The zero-order chi connectivity index (χ0) is 14.8. The standard InChI is InChI=1S/C16H15BrN2O2/c17-12-8-9-15(16(10-12)19(20)21)18-14-7-3-5-11-4-1-2-6-13(11)14/h1-2,4,6,8-10,14,18H,3,5,7H2. The van der Waals surface area contributed by atoms with Crippen LogP contribution in [0.3, 0.4) is 0 Å².